The molecule has 0 unspecified atom stereocenters. The lowest BCUT2D eigenvalue weighted by Gasteiger charge is -2.12. The van der Waals surface area contributed by atoms with E-state index in [0.29, 0.717) is 23.5 Å². The number of fused-ring (bicyclic) bond motifs is 1. The molecule has 0 aliphatic rings. The molecule has 0 fully saturated rings. The largest absolute Gasteiger partial charge is 0.494 e. The number of hydrogen-bond donors (Lipinski definition) is 1. The Morgan fingerprint density at radius 2 is 1.72 bits per heavy atom. The van der Waals surface area contributed by atoms with Gasteiger partial charge in [-0.1, -0.05) is 17.7 Å². The summed E-state index contributed by atoms with van der Waals surface area (Å²) >= 11 is 0. The molecule has 0 spiro atoms. The van der Waals surface area contributed by atoms with Crippen LogP contribution in [0.3, 0.4) is 0 Å². The highest BCUT2D eigenvalue weighted by Crippen LogP contribution is 2.29. The molecule has 0 saturated carbocycles. The first-order valence-corrected chi connectivity index (χ1v) is 9.51. The van der Waals surface area contributed by atoms with Gasteiger partial charge in [0, 0.05) is 16.6 Å². The minimum absolute atomic E-state index is 0.0872. The van der Waals surface area contributed by atoms with Gasteiger partial charge in [0.05, 0.1) is 6.61 Å². The van der Waals surface area contributed by atoms with E-state index >= 15 is 0 Å². The summed E-state index contributed by atoms with van der Waals surface area (Å²) in [5.74, 6) is -0.291. The zero-order valence-corrected chi connectivity index (χ0v) is 17.3. The fourth-order valence-electron chi connectivity index (χ4n) is 3.40. The van der Waals surface area contributed by atoms with Gasteiger partial charge in [-0.2, -0.15) is 0 Å². The van der Waals surface area contributed by atoms with Crippen LogP contribution in [0.25, 0.3) is 11.0 Å². The number of nitrogens with one attached hydrogen (secondary N) is 1. The first-order chi connectivity index (χ1) is 13.8. The summed E-state index contributed by atoms with van der Waals surface area (Å²) in [7, 11) is 0. The third-order valence-electron chi connectivity index (χ3n) is 4.68. The molecule has 1 aromatic heterocycles. The van der Waals surface area contributed by atoms with Gasteiger partial charge in [-0.05, 0) is 63.9 Å². The lowest BCUT2D eigenvalue weighted by Crippen LogP contribution is -2.22. The van der Waals surface area contributed by atoms with Crippen molar-refractivity contribution >= 4 is 28.5 Å². The van der Waals surface area contributed by atoms with Crippen LogP contribution in [0.15, 0.2) is 34.7 Å². The Labute approximate surface area is 169 Å². The molecule has 0 bridgehead atoms. The Morgan fingerprint density at radius 3 is 2.38 bits per heavy atom. The maximum atomic E-state index is 12.5. The quantitative estimate of drug-likeness (QED) is 0.603. The number of hydrogen-bond acceptors (Lipinski definition) is 5. The number of benzene rings is 2. The van der Waals surface area contributed by atoms with Crippen LogP contribution in [0.5, 0.6) is 5.75 Å². The smallest absolute Gasteiger partial charge is 0.375 e. The maximum absolute atomic E-state index is 12.5. The van der Waals surface area contributed by atoms with Gasteiger partial charge in [-0.25, -0.2) is 4.79 Å². The third-order valence-corrected chi connectivity index (χ3v) is 4.68. The monoisotopic (exact) mass is 395 g/mol. The average molecular weight is 395 g/mol. The van der Waals surface area contributed by atoms with Crippen molar-refractivity contribution < 1.29 is 23.5 Å². The van der Waals surface area contributed by atoms with Crippen molar-refractivity contribution in [3.05, 3.63) is 58.3 Å². The second-order valence-corrected chi connectivity index (χ2v) is 7.05. The van der Waals surface area contributed by atoms with Crippen molar-refractivity contribution in [2.24, 2.45) is 0 Å². The number of carbonyl (C=O) groups excluding carboxylic acids is 2. The molecule has 0 atom stereocenters. The Kier molecular flexibility index (Phi) is 5.92. The second-order valence-electron chi connectivity index (χ2n) is 7.05. The summed E-state index contributed by atoms with van der Waals surface area (Å²) in [6, 6.07) is 9.33. The summed E-state index contributed by atoms with van der Waals surface area (Å²) in [6.07, 6.45) is 0. The fourth-order valence-corrected chi connectivity index (χ4v) is 3.40. The highest BCUT2D eigenvalue weighted by atomic mass is 16.5. The van der Waals surface area contributed by atoms with Gasteiger partial charge in [0.2, 0.25) is 5.76 Å². The van der Waals surface area contributed by atoms with Crippen LogP contribution in [0.4, 0.5) is 5.69 Å². The van der Waals surface area contributed by atoms with Crippen LogP contribution >= 0.6 is 0 Å². The van der Waals surface area contributed by atoms with Gasteiger partial charge in [0.1, 0.15) is 11.3 Å². The fraction of sp³-hybridized carbons (Fsp3) is 0.304. The number of carbonyl (C=O) groups is 2. The van der Waals surface area contributed by atoms with E-state index in [2.05, 4.69) is 5.32 Å². The highest BCUT2D eigenvalue weighted by Gasteiger charge is 2.21. The Hall–Kier alpha value is -3.28. The molecule has 3 aromatic rings. The van der Waals surface area contributed by atoms with E-state index in [1.807, 2.05) is 45.9 Å². The van der Waals surface area contributed by atoms with E-state index in [9.17, 15) is 9.59 Å². The van der Waals surface area contributed by atoms with Crippen molar-refractivity contribution in [2.45, 2.75) is 34.6 Å². The number of esters is 1. The molecule has 29 heavy (non-hydrogen) atoms. The molecule has 0 aliphatic heterocycles. The van der Waals surface area contributed by atoms with E-state index in [1.54, 1.807) is 19.1 Å². The summed E-state index contributed by atoms with van der Waals surface area (Å²) in [5, 5.41) is 3.59. The number of amides is 1. The minimum Gasteiger partial charge on any atom is -0.494 e. The lowest BCUT2D eigenvalue weighted by atomic mass is 10.1. The predicted molar refractivity (Wildman–Crippen MR) is 112 cm³/mol. The summed E-state index contributed by atoms with van der Waals surface area (Å²) < 4.78 is 16.3. The number of ether oxygens (including phenoxy) is 2. The van der Waals surface area contributed by atoms with Crippen molar-refractivity contribution in [3.63, 3.8) is 0 Å². The highest BCUT2D eigenvalue weighted by molar-refractivity contribution is 5.99. The van der Waals surface area contributed by atoms with E-state index in [1.165, 1.54) is 0 Å². The van der Waals surface area contributed by atoms with E-state index in [0.717, 1.165) is 27.8 Å². The number of rotatable bonds is 6. The second kappa shape index (κ2) is 8.39. The van der Waals surface area contributed by atoms with Gasteiger partial charge in [0.25, 0.3) is 5.91 Å². The van der Waals surface area contributed by atoms with Crippen LogP contribution in [0.1, 0.15) is 39.7 Å². The van der Waals surface area contributed by atoms with Gasteiger partial charge < -0.3 is 19.2 Å². The average Bonchev–Trinajstić information content (AvgIpc) is 2.99. The molecule has 1 N–H and O–H groups in total. The Bertz CT molecular complexity index is 1060. The summed E-state index contributed by atoms with van der Waals surface area (Å²) in [5.41, 5.74) is 4.99. The van der Waals surface area contributed by atoms with Gasteiger partial charge in [-0.15, -0.1) is 0 Å². The van der Waals surface area contributed by atoms with Crippen LogP contribution < -0.4 is 10.1 Å². The molecular weight excluding hydrogens is 370 g/mol. The third kappa shape index (κ3) is 4.42. The number of aryl methyl sites for hydroxylation is 4. The van der Waals surface area contributed by atoms with Gasteiger partial charge >= 0.3 is 5.97 Å². The molecule has 3 rings (SSSR count). The zero-order chi connectivity index (χ0) is 21.1. The van der Waals surface area contributed by atoms with Crippen molar-refractivity contribution in [3.8, 4) is 5.75 Å². The molecule has 0 aliphatic carbocycles. The molecule has 2 aromatic carbocycles. The summed E-state index contributed by atoms with van der Waals surface area (Å²) in [4.78, 5) is 24.7. The molecule has 0 saturated heterocycles. The first-order valence-electron chi connectivity index (χ1n) is 9.51. The Morgan fingerprint density at radius 1 is 1.03 bits per heavy atom. The van der Waals surface area contributed by atoms with Gasteiger partial charge in [0.15, 0.2) is 6.61 Å². The standard InChI is InChI=1S/C23H25NO5/c1-6-27-17-7-8-19-18(11-17)16(5)22(29-19)23(26)28-12-20(25)24-21-14(3)9-13(2)10-15(21)4/h7-11H,6,12H2,1-5H3,(H,24,25). The van der Waals surface area contributed by atoms with Crippen molar-refractivity contribution in [1.82, 2.24) is 0 Å². The SMILES string of the molecule is CCOc1ccc2oc(C(=O)OCC(=O)Nc3c(C)cc(C)cc3C)c(C)c2c1. The predicted octanol–water partition coefficient (Wildman–Crippen LogP) is 4.86. The topological polar surface area (TPSA) is 77.8 Å². The lowest BCUT2D eigenvalue weighted by molar-refractivity contribution is -0.119. The van der Waals surface area contributed by atoms with Crippen molar-refractivity contribution in [1.29, 1.82) is 0 Å². The normalized spacial score (nSPS) is 10.8. The maximum Gasteiger partial charge on any atom is 0.375 e. The van der Waals surface area contributed by atoms with E-state index in [-0.39, 0.29) is 5.76 Å². The van der Waals surface area contributed by atoms with Crippen molar-refractivity contribution in [2.75, 3.05) is 18.5 Å². The molecule has 1 heterocycles. The van der Waals surface area contributed by atoms with E-state index in [4.69, 9.17) is 13.9 Å². The molecule has 6 heteroatoms. The summed E-state index contributed by atoms with van der Waals surface area (Å²) in [6.45, 7) is 9.68. The Balaban J connectivity index is 1.69. The number of anilines is 1. The minimum atomic E-state index is -0.677. The van der Waals surface area contributed by atoms with Crippen LogP contribution in [-0.4, -0.2) is 25.1 Å². The van der Waals surface area contributed by atoms with E-state index < -0.39 is 18.5 Å². The molecule has 0 radical (unpaired) electrons. The molecular formula is C23H25NO5. The zero-order valence-electron chi connectivity index (χ0n) is 17.3. The molecule has 6 nitrogen and oxygen atoms in total. The molecule has 1 amide bonds. The van der Waals surface area contributed by atoms with Crippen LogP contribution in [0, 0.1) is 27.7 Å². The van der Waals surface area contributed by atoms with Gasteiger partial charge in [-0.3, -0.25) is 4.79 Å². The number of furan rings is 1. The van der Waals surface area contributed by atoms with Crippen LogP contribution in [-0.2, 0) is 9.53 Å². The van der Waals surface area contributed by atoms with Crippen LogP contribution in [0.2, 0.25) is 0 Å². The first kappa shape index (κ1) is 20.5. The molecule has 152 valence electrons.